The molecule has 0 atom stereocenters. The Hall–Kier alpha value is -3.49. The highest BCUT2D eigenvalue weighted by molar-refractivity contribution is 6.20. The molecule has 1 fully saturated rings. The van der Waals surface area contributed by atoms with Crippen LogP contribution in [0.25, 0.3) is 32.9 Å². The molecule has 4 aromatic rings. The number of carbonyl (C=O) groups is 1. The molecule has 0 spiro atoms. The summed E-state index contributed by atoms with van der Waals surface area (Å²) in [6.07, 6.45) is 4.92. The number of piperazine rings is 1. The number of nitrogens with one attached hydrogen (secondary N) is 2. The third-order valence-corrected chi connectivity index (χ3v) is 8.83. The number of hydrogen-bond donors (Lipinski definition) is 2. The van der Waals surface area contributed by atoms with Crippen LogP contribution in [0.4, 0.5) is 0 Å². The zero-order valence-corrected chi connectivity index (χ0v) is 22.5. The van der Waals surface area contributed by atoms with Gasteiger partial charge in [-0.2, -0.15) is 5.10 Å². The topological polar surface area (TPSA) is 82.2 Å². The highest BCUT2D eigenvalue weighted by Gasteiger charge is 2.35. The standard InChI is InChI=1S/C30H35N7O/c1-18(31)19-5-8-25-21(15-19)27-22-16-32-30(38)28(22)26-20(6-7-24-23(26)17-35(3)33-24)29(27)37(25)10-4-9-36-13-11-34(2)12-14-36/h5,8,15,17,31H,4,6-7,9-14,16H2,1-3H3,(H,32,38). The molecule has 38 heavy (non-hydrogen) atoms. The number of nitrogens with zero attached hydrogens (tertiary/aromatic N) is 5. The van der Waals surface area contributed by atoms with Crippen LogP contribution in [0.5, 0.6) is 0 Å². The molecule has 1 amide bonds. The average molecular weight is 510 g/mol. The predicted molar refractivity (Wildman–Crippen MR) is 151 cm³/mol. The van der Waals surface area contributed by atoms with Gasteiger partial charge in [0.05, 0.1) is 16.8 Å². The Balaban J connectivity index is 1.44. The van der Waals surface area contributed by atoms with E-state index in [-0.39, 0.29) is 5.91 Å². The van der Waals surface area contributed by atoms with Gasteiger partial charge in [0.2, 0.25) is 0 Å². The SMILES string of the molecule is CC(=N)c1ccc2c(c1)c1c3c(c4c(c1n2CCCN1CCN(C)CC1)CCc1nn(C)cc1-4)C(=O)NC3. The molecule has 0 saturated carbocycles. The molecular weight excluding hydrogens is 474 g/mol. The Labute approximate surface area is 222 Å². The highest BCUT2D eigenvalue weighted by atomic mass is 16.1. The van der Waals surface area contributed by atoms with Gasteiger partial charge >= 0.3 is 0 Å². The Morgan fingerprint density at radius 1 is 1.05 bits per heavy atom. The summed E-state index contributed by atoms with van der Waals surface area (Å²) in [4.78, 5) is 18.3. The zero-order valence-electron chi connectivity index (χ0n) is 22.5. The lowest BCUT2D eigenvalue weighted by Crippen LogP contribution is -2.44. The van der Waals surface area contributed by atoms with Gasteiger partial charge in [-0.25, -0.2) is 0 Å². The quantitative estimate of drug-likeness (QED) is 0.403. The number of fused-ring (bicyclic) bond motifs is 10. The van der Waals surface area contributed by atoms with Crippen molar-refractivity contribution in [3.8, 4) is 11.1 Å². The van der Waals surface area contributed by atoms with Crippen LogP contribution in [-0.2, 0) is 33.0 Å². The largest absolute Gasteiger partial charge is 0.348 e. The molecule has 0 bridgehead atoms. The van der Waals surface area contributed by atoms with E-state index in [4.69, 9.17) is 10.5 Å². The first-order valence-corrected chi connectivity index (χ1v) is 13.8. The second-order valence-corrected chi connectivity index (χ2v) is 11.3. The van der Waals surface area contributed by atoms with E-state index >= 15 is 0 Å². The number of amides is 1. The molecule has 4 heterocycles. The summed E-state index contributed by atoms with van der Waals surface area (Å²) in [5.74, 6) is 0.0187. The lowest BCUT2D eigenvalue weighted by atomic mass is 9.82. The van der Waals surface area contributed by atoms with E-state index in [0.717, 1.165) is 97.4 Å². The maximum atomic E-state index is 13.3. The van der Waals surface area contributed by atoms with Gasteiger partial charge in [0.1, 0.15) is 0 Å². The summed E-state index contributed by atoms with van der Waals surface area (Å²) in [5, 5.41) is 18.5. The van der Waals surface area contributed by atoms with Gasteiger partial charge in [-0.3, -0.25) is 9.48 Å². The fourth-order valence-corrected chi connectivity index (χ4v) is 6.90. The number of aromatic nitrogens is 3. The van der Waals surface area contributed by atoms with E-state index < -0.39 is 0 Å². The molecule has 8 nitrogen and oxygen atoms in total. The van der Waals surface area contributed by atoms with Gasteiger partial charge in [0.25, 0.3) is 5.91 Å². The van der Waals surface area contributed by atoms with Gasteiger partial charge < -0.3 is 25.1 Å². The third kappa shape index (κ3) is 3.54. The molecule has 7 rings (SSSR count). The Kier molecular flexibility index (Phi) is 5.46. The van der Waals surface area contributed by atoms with E-state index in [1.54, 1.807) is 0 Å². The van der Waals surface area contributed by atoms with Crippen LogP contribution in [0.3, 0.4) is 0 Å². The van der Waals surface area contributed by atoms with Crippen molar-refractivity contribution in [1.82, 2.24) is 29.5 Å². The second kappa shape index (κ2) is 8.78. The lowest BCUT2D eigenvalue weighted by Gasteiger charge is -2.32. The first-order chi connectivity index (χ1) is 18.4. The van der Waals surface area contributed by atoms with Crippen LogP contribution in [0, 0.1) is 5.41 Å². The van der Waals surface area contributed by atoms with E-state index in [1.165, 1.54) is 22.0 Å². The summed E-state index contributed by atoms with van der Waals surface area (Å²) in [6.45, 7) is 8.94. The van der Waals surface area contributed by atoms with E-state index in [2.05, 4.69) is 51.1 Å². The van der Waals surface area contributed by atoms with Crippen LogP contribution >= 0.6 is 0 Å². The number of likely N-dealkylation sites (N-methyl/N-ethyl adjacent to an activating group) is 1. The smallest absolute Gasteiger partial charge is 0.252 e. The molecule has 1 saturated heterocycles. The number of hydrogen-bond acceptors (Lipinski definition) is 5. The summed E-state index contributed by atoms with van der Waals surface area (Å²) in [5.41, 5.74) is 10.5. The second-order valence-electron chi connectivity index (χ2n) is 11.3. The van der Waals surface area contributed by atoms with Gasteiger partial charge in [0.15, 0.2) is 0 Å². The van der Waals surface area contributed by atoms with Gasteiger partial charge in [0, 0.05) is 85.6 Å². The highest BCUT2D eigenvalue weighted by Crippen LogP contribution is 2.46. The molecule has 3 aliphatic rings. The van der Waals surface area contributed by atoms with Crippen molar-refractivity contribution in [2.75, 3.05) is 39.8 Å². The maximum Gasteiger partial charge on any atom is 0.252 e. The van der Waals surface area contributed by atoms with Crippen molar-refractivity contribution in [3.63, 3.8) is 0 Å². The molecule has 196 valence electrons. The Morgan fingerprint density at radius 3 is 2.66 bits per heavy atom. The maximum absolute atomic E-state index is 13.3. The first-order valence-electron chi connectivity index (χ1n) is 13.8. The van der Waals surface area contributed by atoms with E-state index in [9.17, 15) is 4.79 Å². The lowest BCUT2D eigenvalue weighted by molar-refractivity contribution is 0.0966. The molecule has 0 unspecified atom stereocenters. The minimum Gasteiger partial charge on any atom is -0.348 e. The van der Waals surface area contributed by atoms with Gasteiger partial charge in [-0.05, 0) is 68.6 Å². The average Bonchev–Trinajstić information content (AvgIpc) is 3.57. The van der Waals surface area contributed by atoms with Crippen molar-refractivity contribution in [2.24, 2.45) is 7.05 Å². The number of carbonyl (C=O) groups excluding carboxylic acids is 1. The van der Waals surface area contributed by atoms with Crippen LogP contribution in [0.15, 0.2) is 24.4 Å². The number of rotatable bonds is 5. The normalized spacial score (nSPS) is 17.6. The molecular formula is C30H35N7O. The van der Waals surface area contributed by atoms with Crippen molar-refractivity contribution in [3.05, 3.63) is 52.3 Å². The van der Waals surface area contributed by atoms with Crippen LogP contribution < -0.4 is 5.32 Å². The molecule has 1 aliphatic carbocycles. The number of aryl methyl sites for hydroxylation is 4. The predicted octanol–water partition coefficient (Wildman–Crippen LogP) is 3.56. The first kappa shape index (κ1) is 23.6. The van der Waals surface area contributed by atoms with Crippen molar-refractivity contribution < 1.29 is 4.79 Å². The summed E-state index contributed by atoms with van der Waals surface area (Å²) >= 11 is 0. The molecule has 2 aromatic carbocycles. The van der Waals surface area contributed by atoms with Crippen molar-refractivity contribution in [2.45, 2.75) is 39.3 Å². The minimum absolute atomic E-state index is 0.0187. The molecule has 8 heteroatoms. The molecule has 2 aromatic heterocycles. The van der Waals surface area contributed by atoms with Crippen LogP contribution in [0.2, 0.25) is 0 Å². The fraction of sp³-hybridized carbons (Fsp3) is 0.433. The molecule has 2 aliphatic heterocycles. The third-order valence-electron chi connectivity index (χ3n) is 8.83. The summed E-state index contributed by atoms with van der Waals surface area (Å²) < 4.78 is 4.40. The molecule has 2 N–H and O–H groups in total. The van der Waals surface area contributed by atoms with Gasteiger partial charge in [-0.1, -0.05) is 6.07 Å². The van der Waals surface area contributed by atoms with E-state index in [1.807, 2.05) is 18.7 Å². The Morgan fingerprint density at radius 2 is 1.87 bits per heavy atom. The van der Waals surface area contributed by atoms with Crippen molar-refractivity contribution >= 4 is 33.4 Å². The van der Waals surface area contributed by atoms with Crippen LogP contribution in [-0.4, -0.2) is 75.5 Å². The fourth-order valence-electron chi connectivity index (χ4n) is 6.90. The van der Waals surface area contributed by atoms with Gasteiger partial charge in [-0.15, -0.1) is 0 Å². The van der Waals surface area contributed by atoms with Crippen LogP contribution in [0.1, 0.15) is 46.1 Å². The number of benzene rings is 2. The minimum atomic E-state index is 0.0187. The molecule has 0 radical (unpaired) electrons. The summed E-state index contributed by atoms with van der Waals surface area (Å²) in [7, 11) is 4.17. The summed E-state index contributed by atoms with van der Waals surface area (Å²) in [6, 6.07) is 6.44. The monoisotopic (exact) mass is 509 g/mol. The van der Waals surface area contributed by atoms with Crippen molar-refractivity contribution in [1.29, 1.82) is 5.41 Å². The Bertz CT molecular complexity index is 1630. The zero-order chi connectivity index (χ0) is 26.1. The van der Waals surface area contributed by atoms with E-state index in [0.29, 0.717) is 12.3 Å².